The minimum absolute atomic E-state index is 0. The van der Waals surface area contributed by atoms with Crippen LogP contribution >= 0.6 is 0 Å². The van der Waals surface area contributed by atoms with Gasteiger partial charge in [-0.3, -0.25) is 0 Å². The molecule has 0 aliphatic heterocycles. The van der Waals surface area contributed by atoms with Gasteiger partial charge in [0, 0.05) is 24.2 Å². The molecule has 0 aliphatic rings. The number of aromatic carboxylic acids is 1. The Morgan fingerprint density at radius 1 is 1.50 bits per heavy atom. The van der Waals surface area contributed by atoms with Crippen molar-refractivity contribution in [2.24, 2.45) is 0 Å². The van der Waals surface area contributed by atoms with E-state index < -0.39 is 5.97 Å². The van der Waals surface area contributed by atoms with E-state index in [0.717, 1.165) is 0 Å². The molecule has 51 valence electrons. The van der Waals surface area contributed by atoms with Crippen molar-refractivity contribution < 1.29 is 9.90 Å². The molecule has 0 bridgehead atoms. The molecule has 0 atom stereocenters. The van der Waals surface area contributed by atoms with E-state index in [2.05, 4.69) is 4.98 Å². The summed E-state index contributed by atoms with van der Waals surface area (Å²) in [5.41, 5.74) is 0.0810. The molecule has 0 unspecified atom stereocenters. The number of hydrogen-bond acceptors (Lipinski definition) is 2. The summed E-state index contributed by atoms with van der Waals surface area (Å²) < 4.78 is 0. The summed E-state index contributed by atoms with van der Waals surface area (Å²) >= 11 is 0. The second-order valence-corrected chi connectivity index (χ2v) is 1.52. The van der Waals surface area contributed by atoms with Crippen molar-refractivity contribution in [2.75, 3.05) is 0 Å². The number of pyridine rings is 1. The van der Waals surface area contributed by atoms with Crippen molar-refractivity contribution >= 4 is 23.9 Å². The number of carboxylic acid groups (broad SMARTS) is 1. The van der Waals surface area contributed by atoms with Crippen molar-refractivity contribution in [3.8, 4) is 0 Å². The monoisotopic (exact) mass is 198 g/mol. The molecule has 0 aromatic carbocycles. The molecular weight excluding hydrogens is 193 g/mol. The van der Waals surface area contributed by atoms with Crippen LogP contribution in [-0.2, 0) is 0 Å². The number of nitrogens with zero attached hydrogens (tertiary/aromatic N) is 1. The van der Waals surface area contributed by atoms with Crippen LogP contribution in [0.5, 0.6) is 0 Å². The molecule has 0 amide bonds. The topological polar surface area (TPSA) is 50.2 Å². The molecule has 1 rings (SSSR count). The molecule has 3 nitrogen and oxygen atoms in total. The van der Waals surface area contributed by atoms with Crippen LogP contribution in [0.4, 0.5) is 0 Å². The van der Waals surface area contributed by atoms with Crippen LogP contribution < -0.4 is 0 Å². The van der Waals surface area contributed by atoms with Gasteiger partial charge in [0.25, 0.3) is 0 Å². The van der Waals surface area contributed by atoms with E-state index in [4.69, 9.17) is 5.11 Å². The zero-order chi connectivity index (χ0) is 6.69. The summed E-state index contributed by atoms with van der Waals surface area (Å²) in [5, 5.41) is 8.32. The Morgan fingerprint density at radius 2 is 2.20 bits per heavy atom. The van der Waals surface area contributed by atoms with E-state index in [1.54, 1.807) is 12.1 Å². The largest absolute Gasteiger partial charge is 0.477 e. The van der Waals surface area contributed by atoms with E-state index in [-0.39, 0.29) is 23.6 Å². The van der Waals surface area contributed by atoms with Crippen molar-refractivity contribution in [3.05, 3.63) is 30.1 Å². The average Bonchev–Trinajstić information content (AvgIpc) is 1.90. The SMILES string of the molecule is O=C(O)c1ccccn1.[As]. The van der Waals surface area contributed by atoms with E-state index >= 15 is 0 Å². The average molecular weight is 198 g/mol. The second-order valence-electron chi connectivity index (χ2n) is 1.52. The van der Waals surface area contributed by atoms with Crippen molar-refractivity contribution in [3.63, 3.8) is 0 Å². The molecule has 0 aliphatic carbocycles. The summed E-state index contributed by atoms with van der Waals surface area (Å²) in [6, 6.07) is 4.76. The number of aromatic nitrogens is 1. The van der Waals surface area contributed by atoms with Gasteiger partial charge in [-0.25, -0.2) is 9.78 Å². The molecule has 1 aromatic rings. The van der Waals surface area contributed by atoms with Crippen LogP contribution in [0.2, 0.25) is 0 Å². The third-order valence-corrected chi connectivity index (χ3v) is 0.884. The normalized spacial score (nSPS) is 8.00. The first kappa shape index (κ1) is 9.18. The summed E-state index contributed by atoms with van der Waals surface area (Å²) in [6.07, 6.45) is 1.45. The van der Waals surface area contributed by atoms with Crippen LogP contribution in [0.1, 0.15) is 10.5 Å². The zero-order valence-electron chi connectivity index (χ0n) is 5.06. The first-order chi connectivity index (χ1) is 4.30. The third kappa shape index (κ3) is 2.19. The van der Waals surface area contributed by atoms with Crippen LogP contribution in [0.3, 0.4) is 0 Å². The van der Waals surface area contributed by atoms with Crippen LogP contribution in [0.15, 0.2) is 24.4 Å². The van der Waals surface area contributed by atoms with Crippen LogP contribution in [-0.4, -0.2) is 34.0 Å². The molecule has 4 heteroatoms. The fourth-order valence-corrected chi connectivity index (χ4v) is 0.489. The molecule has 0 spiro atoms. The van der Waals surface area contributed by atoms with Gasteiger partial charge in [0.1, 0.15) is 5.69 Å². The fraction of sp³-hybridized carbons (Fsp3) is 0. The Morgan fingerprint density at radius 3 is 2.50 bits per heavy atom. The first-order valence-corrected chi connectivity index (χ1v) is 2.45. The predicted molar refractivity (Wildman–Crippen MR) is 37.0 cm³/mol. The molecular formula is C6H5AsNO2. The summed E-state index contributed by atoms with van der Waals surface area (Å²) in [6.45, 7) is 0. The maximum Gasteiger partial charge on any atom is 0.354 e. The maximum absolute atomic E-state index is 10.1. The van der Waals surface area contributed by atoms with Gasteiger partial charge in [-0.15, -0.1) is 0 Å². The van der Waals surface area contributed by atoms with Gasteiger partial charge in [-0.05, 0) is 12.1 Å². The minimum Gasteiger partial charge on any atom is -0.477 e. The van der Waals surface area contributed by atoms with E-state index in [1.165, 1.54) is 12.3 Å². The Labute approximate surface area is 69.4 Å². The van der Waals surface area contributed by atoms with Gasteiger partial charge in [-0.2, -0.15) is 0 Å². The van der Waals surface area contributed by atoms with Gasteiger partial charge in [-0.1, -0.05) is 6.07 Å². The van der Waals surface area contributed by atoms with Gasteiger partial charge in [0.2, 0.25) is 0 Å². The number of carbonyl (C=O) groups is 1. The van der Waals surface area contributed by atoms with E-state index in [1.807, 2.05) is 0 Å². The molecule has 10 heavy (non-hydrogen) atoms. The van der Waals surface area contributed by atoms with E-state index in [0.29, 0.717) is 0 Å². The van der Waals surface area contributed by atoms with Gasteiger partial charge >= 0.3 is 5.97 Å². The summed E-state index contributed by atoms with van der Waals surface area (Å²) in [4.78, 5) is 13.7. The molecule has 1 N–H and O–H groups in total. The van der Waals surface area contributed by atoms with Crippen molar-refractivity contribution in [2.45, 2.75) is 0 Å². The quantitative estimate of drug-likeness (QED) is 0.664. The molecule has 3 radical (unpaired) electrons. The van der Waals surface area contributed by atoms with E-state index in [9.17, 15) is 4.79 Å². The van der Waals surface area contributed by atoms with Gasteiger partial charge < -0.3 is 5.11 Å². The summed E-state index contributed by atoms with van der Waals surface area (Å²) in [5.74, 6) is -0.990. The van der Waals surface area contributed by atoms with Crippen LogP contribution in [0.25, 0.3) is 0 Å². The number of hydrogen-bond donors (Lipinski definition) is 1. The van der Waals surface area contributed by atoms with Gasteiger partial charge in [0.05, 0.1) is 0 Å². The smallest absolute Gasteiger partial charge is 0.354 e. The Kier molecular flexibility index (Phi) is 3.73. The standard InChI is InChI=1S/C6H5NO2.As/c8-6(9)5-3-1-2-4-7-5;/h1-4H,(H,8,9);. The number of carboxylic acids is 1. The molecule has 0 fully saturated rings. The Bertz CT molecular complexity index is 212. The minimum atomic E-state index is -0.990. The molecule has 1 aromatic heterocycles. The first-order valence-electron chi connectivity index (χ1n) is 2.45. The Hall–Kier alpha value is -0.822. The predicted octanol–water partition coefficient (Wildman–Crippen LogP) is 0.399. The van der Waals surface area contributed by atoms with Crippen molar-refractivity contribution in [1.82, 2.24) is 4.98 Å². The Balaban J connectivity index is 0.000000810. The molecule has 1 heterocycles. The number of rotatable bonds is 1. The summed E-state index contributed by atoms with van der Waals surface area (Å²) in [7, 11) is 0. The second kappa shape index (κ2) is 4.07. The van der Waals surface area contributed by atoms with Crippen molar-refractivity contribution in [1.29, 1.82) is 0 Å². The third-order valence-electron chi connectivity index (χ3n) is 0.884. The van der Waals surface area contributed by atoms with Crippen LogP contribution in [0, 0.1) is 0 Å². The molecule has 0 saturated carbocycles. The maximum atomic E-state index is 10.1. The van der Waals surface area contributed by atoms with Gasteiger partial charge in [0.15, 0.2) is 0 Å². The zero-order valence-corrected chi connectivity index (χ0v) is 6.94. The fourth-order valence-electron chi connectivity index (χ4n) is 0.489. The molecule has 0 saturated heterocycles.